The fraction of sp³-hybridized carbons (Fsp3) is 0.462. The van der Waals surface area contributed by atoms with Gasteiger partial charge in [0.1, 0.15) is 0 Å². The molecule has 0 saturated carbocycles. The molecule has 1 N–H and O–H groups in total. The Bertz CT molecular complexity index is 580. The summed E-state index contributed by atoms with van der Waals surface area (Å²) in [5.41, 5.74) is 1.07. The van der Waals surface area contributed by atoms with Crippen molar-refractivity contribution < 1.29 is 18.3 Å². The second kappa shape index (κ2) is 5.54. The Morgan fingerprint density at radius 1 is 1.47 bits per heavy atom. The molecule has 1 aromatic rings. The summed E-state index contributed by atoms with van der Waals surface area (Å²) in [4.78, 5) is 11.9. The van der Waals surface area contributed by atoms with Gasteiger partial charge in [0.05, 0.1) is 17.4 Å². The van der Waals surface area contributed by atoms with E-state index in [1.165, 1.54) is 6.92 Å². The molecule has 1 aliphatic heterocycles. The number of fused-ring (bicyclic) bond motifs is 1. The highest BCUT2D eigenvalue weighted by molar-refractivity contribution is 7.99. The summed E-state index contributed by atoms with van der Waals surface area (Å²) in [6, 6.07) is 7.79. The first-order valence-corrected chi connectivity index (χ1v) is 8.84. The molecule has 2 rings (SSSR count). The number of rotatable bonds is 5. The molecule has 0 amide bonds. The molecule has 104 valence electrons. The molecule has 6 heteroatoms. The van der Waals surface area contributed by atoms with Gasteiger partial charge in [-0.05, 0) is 11.6 Å². The third-order valence-corrected chi connectivity index (χ3v) is 6.35. The zero-order valence-electron chi connectivity index (χ0n) is 10.6. The monoisotopic (exact) mass is 300 g/mol. The van der Waals surface area contributed by atoms with Crippen molar-refractivity contribution in [3.63, 3.8) is 0 Å². The van der Waals surface area contributed by atoms with Gasteiger partial charge < -0.3 is 5.11 Å². The van der Waals surface area contributed by atoms with Gasteiger partial charge >= 0.3 is 5.97 Å². The number of hydrogen-bond donors (Lipinski definition) is 1. The van der Waals surface area contributed by atoms with E-state index in [-0.39, 0.29) is 17.4 Å². The van der Waals surface area contributed by atoms with Crippen molar-refractivity contribution in [3.8, 4) is 0 Å². The van der Waals surface area contributed by atoms with Crippen molar-refractivity contribution in [3.05, 3.63) is 29.8 Å². The molecule has 0 saturated heterocycles. The Hall–Kier alpha value is -1.01. The van der Waals surface area contributed by atoms with E-state index in [0.717, 1.165) is 16.2 Å². The molecule has 4 nitrogen and oxygen atoms in total. The van der Waals surface area contributed by atoms with E-state index in [1.54, 1.807) is 11.8 Å². The van der Waals surface area contributed by atoms with Gasteiger partial charge in [-0.1, -0.05) is 25.1 Å². The zero-order valence-corrected chi connectivity index (χ0v) is 12.2. The molecule has 0 aliphatic carbocycles. The van der Waals surface area contributed by atoms with Crippen LogP contribution in [-0.4, -0.2) is 36.8 Å². The van der Waals surface area contributed by atoms with Gasteiger partial charge in [0.2, 0.25) is 0 Å². The third kappa shape index (κ3) is 3.51. The molecule has 2 unspecified atom stereocenters. The normalized spacial score (nSPS) is 19.9. The first-order chi connectivity index (χ1) is 8.89. The van der Waals surface area contributed by atoms with Crippen LogP contribution in [0.1, 0.15) is 18.4 Å². The van der Waals surface area contributed by atoms with Crippen molar-refractivity contribution in [2.24, 2.45) is 5.92 Å². The van der Waals surface area contributed by atoms with E-state index in [9.17, 15) is 13.2 Å². The summed E-state index contributed by atoms with van der Waals surface area (Å²) < 4.78 is 24.1. The summed E-state index contributed by atoms with van der Waals surface area (Å²) in [6.45, 7) is 1.43. The maximum absolute atomic E-state index is 12.0. The maximum Gasteiger partial charge on any atom is 0.307 e. The number of carbonyl (C=O) groups is 1. The topological polar surface area (TPSA) is 71.4 Å². The van der Waals surface area contributed by atoms with Gasteiger partial charge in [-0.3, -0.25) is 4.79 Å². The average Bonchev–Trinajstić information content (AvgIpc) is 2.71. The molecule has 0 fully saturated rings. The van der Waals surface area contributed by atoms with E-state index in [4.69, 9.17) is 5.11 Å². The van der Waals surface area contributed by atoms with Crippen LogP contribution in [0.3, 0.4) is 0 Å². The van der Waals surface area contributed by atoms with Crippen LogP contribution in [0.4, 0.5) is 0 Å². The van der Waals surface area contributed by atoms with Crippen LogP contribution in [-0.2, 0) is 14.6 Å². The van der Waals surface area contributed by atoms with Crippen molar-refractivity contribution in [2.45, 2.75) is 17.7 Å². The SMILES string of the molecule is CC(CS(=O)(=O)CC1CSc2ccccc21)C(=O)O. The fourth-order valence-corrected chi connectivity index (χ4v) is 5.55. The highest BCUT2D eigenvalue weighted by Gasteiger charge is 2.29. The highest BCUT2D eigenvalue weighted by Crippen LogP contribution is 2.39. The first kappa shape index (κ1) is 14.4. The molecule has 2 atom stereocenters. The van der Waals surface area contributed by atoms with Gasteiger partial charge in [-0.15, -0.1) is 11.8 Å². The van der Waals surface area contributed by atoms with E-state index >= 15 is 0 Å². The van der Waals surface area contributed by atoms with Gasteiger partial charge in [0, 0.05) is 16.6 Å². The molecular formula is C13H16O4S2. The predicted molar refractivity (Wildman–Crippen MR) is 75.4 cm³/mol. The minimum Gasteiger partial charge on any atom is -0.481 e. The molecule has 19 heavy (non-hydrogen) atoms. The van der Waals surface area contributed by atoms with Crippen LogP contribution >= 0.6 is 11.8 Å². The third-order valence-electron chi connectivity index (χ3n) is 3.18. The quantitative estimate of drug-likeness (QED) is 0.900. The second-order valence-electron chi connectivity index (χ2n) is 4.86. The Labute approximate surface area is 117 Å². The summed E-state index contributed by atoms with van der Waals surface area (Å²) in [7, 11) is -3.35. The van der Waals surface area contributed by atoms with E-state index in [1.807, 2.05) is 24.3 Å². The predicted octanol–water partition coefficient (Wildman–Crippen LogP) is 2.01. The number of hydrogen-bond acceptors (Lipinski definition) is 4. The maximum atomic E-state index is 12.0. The first-order valence-electron chi connectivity index (χ1n) is 6.04. The number of aliphatic carboxylic acids is 1. The van der Waals surface area contributed by atoms with Gasteiger partial charge in [0.25, 0.3) is 0 Å². The van der Waals surface area contributed by atoms with Crippen LogP contribution in [0.5, 0.6) is 0 Å². The van der Waals surface area contributed by atoms with E-state index in [2.05, 4.69) is 0 Å². The number of carboxylic acid groups (broad SMARTS) is 1. The summed E-state index contributed by atoms with van der Waals surface area (Å²) in [6.07, 6.45) is 0. The van der Waals surface area contributed by atoms with Crippen LogP contribution < -0.4 is 0 Å². The van der Waals surface area contributed by atoms with Crippen molar-refractivity contribution in [1.82, 2.24) is 0 Å². The van der Waals surface area contributed by atoms with Gasteiger partial charge in [0.15, 0.2) is 9.84 Å². The fourth-order valence-electron chi connectivity index (χ4n) is 2.19. The number of carboxylic acids is 1. The summed E-state index contributed by atoms with van der Waals surface area (Å²) >= 11 is 1.66. The zero-order chi connectivity index (χ0) is 14.0. The van der Waals surface area contributed by atoms with Crippen molar-refractivity contribution in [2.75, 3.05) is 17.3 Å². The molecule has 1 aromatic carbocycles. The average molecular weight is 300 g/mol. The largest absolute Gasteiger partial charge is 0.481 e. The lowest BCUT2D eigenvalue weighted by Crippen LogP contribution is -2.25. The number of thioether (sulfide) groups is 1. The Kier molecular flexibility index (Phi) is 4.20. The number of sulfone groups is 1. The van der Waals surface area contributed by atoms with E-state index < -0.39 is 21.7 Å². The molecule has 0 aromatic heterocycles. The van der Waals surface area contributed by atoms with Crippen molar-refractivity contribution in [1.29, 1.82) is 0 Å². The Morgan fingerprint density at radius 2 is 2.16 bits per heavy atom. The lowest BCUT2D eigenvalue weighted by Gasteiger charge is -2.13. The molecule has 0 spiro atoms. The van der Waals surface area contributed by atoms with Gasteiger partial charge in [-0.2, -0.15) is 0 Å². The minimum atomic E-state index is -3.35. The summed E-state index contributed by atoms with van der Waals surface area (Å²) in [5, 5.41) is 8.80. The lowest BCUT2D eigenvalue weighted by atomic mass is 10.0. The molecule has 0 radical (unpaired) electrons. The smallest absolute Gasteiger partial charge is 0.307 e. The summed E-state index contributed by atoms with van der Waals surface area (Å²) in [5.74, 6) is -1.44. The second-order valence-corrected chi connectivity index (χ2v) is 8.08. The van der Waals surface area contributed by atoms with Crippen LogP contribution in [0, 0.1) is 5.92 Å². The lowest BCUT2D eigenvalue weighted by molar-refractivity contribution is -0.140. The van der Waals surface area contributed by atoms with Crippen LogP contribution in [0.25, 0.3) is 0 Å². The molecular weight excluding hydrogens is 284 g/mol. The molecule has 0 bridgehead atoms. The van der Waals surface area contributed by atoms with Crippen molar-refractivity contribution >= 4 is 27.6 Å². The minimum absolute atomic E-state index is 0.0211. The van der Waals surface area contributed by atoms with E-state index in [0.29, 0.717) is 0 Å². The van der Waals surface area contributed by atoms with Crippen LogP contribution in [0.2, 0.25) is 0 Å². The van der Waals surface area contributed by atoms with Gasteiger partial charge in [-0.25, -0.2) is 8.42 Å². The van der Waals surface area contributed by atoms with Crippen LogP contribution in [0.15, 0.2) is 29.2 Å². The Balaban J connectivity index is 2.08. The number of benzene rings is 1. The molecule has 1 aliphatic rings. The highest BCUT2D eigenvalue weighted by atomic mass is 32.2. The standard InChI is InChI=1S/C13H16O4S2/c1-9(13(14)15)7-19(16,17)8-10-6-18-12-5-3-2-4-11(10)12/h2-5,9-10H,6-8H2,1H3,(H,14,15). The Morgan fingerprint density at radius 3 is 2.84 bits per heavy atom. The molecule has 1 heterocycles.